The molecule has 0 bridgehead atoms. The third-order valence-electron chi connectivity index (χ3n) is 5.51. The molecule has 0 saturated heterocycles. The molecule has 1 aliphatic rings. The molecule has 0 heterocycles. The molecule has 6 nitrogen and oxygen atoms in total. The zero-order chi connectivity index (χ0) is 21.3. The Morgan fingerprint density at radius 1 is 0.733 bits per heavy atom. The largest absolute Gasteiger partial charge is 0.497 e. The van der Waals surface area contributed by atoms with Crippen LogP contribution in [0.5, 0.6) is 11.5 Å². The average molecular weight is 411 g/mol. The maximum Gasteiger partial charge on any atom is 0.224 e. The van der Waals surface area contributed by atoms with Crippen LogP contribution in [-0.2, 0) is 22.4 Å². The van der Waals surface area contributed by atoms with Gasteiger partial charge in [0.1, 0.15) is 11.5 Å². The lowest BCUT2D eigenvalue weighted by Gasteiger charge is -2.33. The number of nitrogens with one attached hydrogen (secondary N) is 2. The van der Waals surface area contributed by atoms with Gasteiger partial charge in [-0.15, -0.1) is 0 Å². The molecule has 3 rings (SSSR count). The Labute approximate surface area is 178 Å². The van der Waals surface area contributed by atoms with Gasteiger partial charge < -0.3 is 20.1 Å². The Morgan fingerprint density at radius 3 is 1.43 bits per heavy atom. The summed E-state index contributed by atoms with van der Waals surface area (Å²) >= 11 is 0. The molecule has 1 saturated carbocycles. The van der Waals surface area contributed by atoms with Crippen LogP contribution in [0.2, 0.25) is 0 Å². The molecule has 2 atom stereocenters. The normalized spacial score (nSPS) is 18.3. The lowest BCUT2D eigenvalue weighted by atomic mass is 9.89. The topological polar surface area (TPSA) is 76.7 Å². The van der Waals surface area contributed by atoms with Gasteiger partial charge in [-0.25, -0.2) is 0 Å². The SMILES string of the molecule is COc1ccc(CC(=O)NC2CCCCC2NC(=O)Cc2ccc(OC)cc2)cc1. The minimum atomic E-state index is -0.0377. The van der Waals surface area contributed by atoms with E-state index < -0.39 is 0 Å². The lowest BCUT2D eigenvalue weighted by molar-refractivity contribution is -0.124. The molecule has 0 aromatic heterocycles. The number of hydrogen-bond donors (Lipinski definition) is 2. The van der Waals surface area contributed by atoms with Gasteiger partial charge in [-0.3, -0.25) is 9.59 Å². The first-order chi connectivity index (χ1) is 14.6. The highest BCUT2D eigenvalue weighted by Gasteiger charge is 2.27. The second-order valence-corrected chi connectivity index (χ2v) is 7.68. The first kappa shape index (κ1) is 21.7. The molecular weight excluding hydrogens is 380 g/mol. The van der Waals surface area contributed by atoms with Crippen molar-refractivity contribution in [3.8, 4) is 11.5 Å². The predicted molar refractivity (Wildman–Crippen MR) is 116 cm³/mol. The number of carbonyl (C=O) groups excluding carboxylic acids is 2. The van der Waals surface area contributed by atoms with E-state index in [0.29, 0.717) is 12.8 Å². The summed E-state index contributed by atoms with van der Waals surface area (Å²) in [6.45, 7) is 0. The second-order valence-electron chi connectivity index (χ2n) is 7.68. The fourth-order valence-electron chi connectivity index (χ4n) is 3.85. The van der Waals surface area contributed by atoms with E-state index in [2.05, 4.69) is 10.6 Å². The molecule has 160 valence electrons. The standard InChI is InChI=1S/C24H30N2O4/c1-29-19-11-7-17(8-12-19)15-23(27)25-21-5-3-4-6-22(21)26-24(28)16-18-9-13-20(30-2)14-10-18/h7-14,21-22H,3-6,15-16H2,1-2H3,(H,25,27)(H,26,28). The van der Waals surface area contributed by atoms with Crippen molar-refractivity contribution in [3.63, 3.8) is 0 Å². The van der Waals surface area contributed by atoms with E-state index in [9.17, 15) is 9.59 Å². The van der Waals surface area contributed by atoms with Crippen molar-refractivity contribution in [1.29, 1.82) is 0 Å². The van der Waals surface area contributed by atoms with Gasteiger partial charge in [0.05, 0.1) is 27.1 Å². The van der Waals surface area contributed by atoms with Crippen molar-refractivity contribution in [1.82, 2.24) is 10.6 Å². The highest BCUT2D eigenvalue weighted by molar-refractivity contribution is 5.80. The quantitative estimate of drug-likeness (QED) is 0.701. The highest BCUT2D eigenvalue weighted by Crippen LogP contribution is 2.20. The van der Waals surface area contributed by atoms with Crippen molar-refractivity contribution in [3.05, 3.63) is 59.7 Å². The van der Waals surface area contributed by atoms with Gasteiger partial charge in [-0.1, -0.05) is 37.1 Å². The molecule has 2 aromatic rings. The van der Waals surface area contributed by atoms with Gasteiger partial charge >= 0.3 is 0 Å². The summed E-state index contributed by atoms with van der Waals surface area (Å²) < 4.78 is 10.3. The van der Waals surface area contributed by atoms with E-state index in [1.54, 1.807) is 14.2 Å². The van der Waals surface area contributed by atoms with Gasteiger partial charge in [0.25, 0.3) is 0 Å². The molecule has 0 aliphatic heterocycles. The van der Waals surface area contributed by atoms with Crippen molar-refractivity contribution in [2.45, 2.75) is 50.6 Å². The zero-order valence-electron chi connectivity index (χ0n) is 17.6. The van der Waals surface area contributed by atoms with Crippen LogP contribution in [0.25, 0.3) is 0 Å². The van der Waals surface area contributed by atoms with Crippen LogP contribution in [0.3, 0.4) is 0 Å². The Morgan fingerprint density at radius 2 is 1.10 bits per heavy atom. The van der Waals surface area contributed by atoms with Gasteiger partial charge in [-0.2, -0.15) is 0 Å². The smallest absolute Gasteiger partial charge is 0.224 e. The van der Waals surface area contributed by atoms with Crippen LogP contribution in [-0.4, -0.2) is 38.1 Å². The average Bonchev–Trinajstić information content (AvgIpc) is 2.76. The molecule has 2 amide bonds. The number of carbonyl (C=O) groups is 2. The molecule has 1 aliphatic carbocycles. The van der Waals surface area contributed by atoms with Crippen LogP contribution in [0, 0.1) is 0 Å². The fraction of sp³-hybridized carbons (Fsp3) is 0.417. The summed E-state index contributed by atoms with van der Waals surface area (Å²) in [5.74, 6) is 1.49. The van der Waals surface area contributed by atoms with Gasteiger partial charge in [-0.05, 0) is 48.2 Å². The van der Waals surface area contributed by atoms with E-state index in [4.69, 9.17) is 9.47 Å². The van der Waals surface area contributed by atoms with E-state index in [1.165, 1.54) is 0 Å². The van der Waals surface area contributed by atoms with Gasteiger partial charge in [0, 0.05) is 12.1 Å². The number of benzene rings is 2. The summed E-state index contributed by atoms with van der Waals surface area (Å²) in [5.41, 5.74) is 1.87. The second kappa shape index (κ2) is 10.7. The summed E-state index contributed by atoms with van der Waals surface area (Å²) in [7, 11) is 3.24. The third kappa shape index (κ3) is 6.24. The fourth-order valence-corrected chi connectivity index (χ4v) is 3.85. The minimum Gasteiger partial charge on any atom is -0.497 e. The van der Waals surface area contributed by atoms with Crippen LogP contribution in [0.15, 0.2) is 48.5 Å². The Hall–Kier alpha value is -3.02. The summed E-state index contributed by atoms with van der Waals surface area (Å²) in [6, 6.07) is 14.9. The minimum absolute atomic E-state index is 0.0264. The Kier molecular flexibility index (Phi) is 7.71. The first-order valence-electron chi connectivity index (χ1n) is 10.4. The van der Waals surface area contributed by atoms with Crippen molar-refractivity contribution in [2.75, 3.05) is 14.2 Å². The van der Waals surface area contributed by atoms with Crippen LogP contribution >= 0.6 is 0 Å². The van der Waals surface area contributed by atoms with E-state index in [-0.39, 0.29) is 23.9 Å². The van der Waals surface area contributed by atoms with Crippen molar-refractivity contribution >= 4 is 11.8 Å². The molecule has 0 spiro atoms. The number of amides is 2. The van der Waals surface area contributed by atoms with Crippen molar-refractivity contribution in [2.24, 2.45) is 0 Å². The Balaban J connectivity index is 1.52. The molecule has 2 unspecified atom stereocenters. The van der Waals surface area contributed by atoms with E-state index in [0.717, 1.165) is 48.3 Å². The molecule has 30 heavy (non-hydrogen) atoms. The summed E-state index contributed by atoms with van der Waals surface area (Å²) in [5, 5.41) is 6.26. The molecule has 2 aromatic carbocycles. The van der Waals surface area contributed by atoms with Crippen LogP contribution in [0.4, 0.5) is 0 Å². The van der Waals surface area contributed by atoms with Gasteiger partial charge in [0.2, 0.25) is 11.8 Å². The Bertz CT molecular complexity index is 762. The van der Waals surface area contributed by atoms with Crippen LogP contribution in [0.1, 0.15) is 36.8 Å². The van der Waals surface area contributed by atoms with Gasteiger partial charge in [0.15, 0.2) is 0 Å². The third-order valence-corrected chi connectivity index (χ3v) is 5.51. The monoisotopic (exact) mass is 410 g/mol. The molecule has 0 radical (unpaired) electrons. The maximum atomic E-state index is 12.6. The number of methoxy groups -OCH3 is 2. The number of rotatable bonds is 8. The van der Waals surface area contributed by atoms with Crippen molar-refractivity contribution < 1.29 is 19.1 Å². The summed E-state index contributed by atoms with van der Waals surface area (Å²) in [4.78, 5) is 25.1. The predicted octanol–water partition coefficient (Wildman–Crippen LogP) is 3.03. The molecule has 1 fully saturated rings. The number of ether oxygens (including phenoxy) is 2. The summed E-state index contributed by atoms with van der Waals surface area (Å²) in [6.07, 6.45) is 4.49. The van der Waals surface area contributed by atoms with E-state index >= 15 is 0 Å². The molecule has 2 N–H and O–H groups in total. The zero-order valence-corrected chi connectivity index (χ0v) is 17.6. The molecular formula is C24H30N2O4. The van der Waals surface area contributed by atoms with Crippen LogP contribution < -0.4 is 20.1 Å². The molecule has 6 heteroatoms. The number of hydrogen-bond acceptors (Lipinski definition) is 4. The highest BCUT2D eigenvalue weighted by atomic mass is 16.5. The lowest BCUT2D eigenvalue weighted by Crippen LogP contribution is -2.53. The van der Waals surface area contributed by atoms with E-state index in [1.807, 2.05) is 48.5 Å². The first-order valence-corrected chi connectivity index (χ1v) is 10.4. The maximum absolute atomic E-state index is 12.6.